The molecule has 2 unspecified atom stereocenters. The Morgan fingerprint density at radius 1 is 1.20 bits per heavy atom. The van der Waals surface area contributed by atoms with Gasteiger partial charge in [0.2, 0.25) is 5.91 Å². The van der Waals surface area contributed by atoms with Crippen molar-refractivity contribution in [2.24, 2.45) is 0 Å². The van der Waals surface area contributed by atoms with Crippen molar-refractivity contribution in [2.75, 3.05) is 13.1 Å². The lowest BCUT2D eigenvalue weighted by molar-refractivity contribution is -0.132. The predicted molar refractivity (Wildman–Crippen MR) is 113 cm³/mol. The van der Waals surface area contributed by atoms with Gasteiger partial charge in [-0.2, -0.15) is 5.10 Å². The zero-order valence-electron chi connectivity index (χ0n) is 18.2. The summed E-state index contributed by atoms with van der Waals surface area (Å²) in [5.74, 6) is 0.170. The number of benzene rings is 1. The lowest BCUT2D eigenvalue weighted by atomic mass is 9.94. The Labute approximate surface area is 177 Å². The van der Waals surface area contributed by atoms with E-state index in [1.165, 1.54) is 0 Å². The molecule has 7 heteroatoms. The number of nitrogens with zero attached hydrogens (tertiary/aromatic N) is 4. The van der Waals surface area contributed by atoms with E-state index in [1.807, 2.05) is 61.7 Å². The lowest BCUT2D eigenvalue weighted by Crippen LogP contribution is -2.55. The molecule has 0 spiro atoms. The van der Waals surface area contributed by atoms with E-state index >= 15 is 0 Å². The van der Waals surface area contributed by atoms with Gasteiger partial charge >= 0.3 is 6.09 Å². The van der Waals surface area contributed by atoms with E-state index in [4.69, 9.17) is 9.84 Å². The Hall–Kier alpha value is -2.83. The fourth-order valence-electron chi connectivity index (χ4n) is 4.51. The van der Waals surface area contributed by atoms with Gasteiger partial charge in [-0.25, -0.2) is 4.79 Å². The fraction of sp³-hybridized carbons (Fsp3) is 0.522. The van der Waals surface area contributed by atoms with Crippen molar-refractivity contribution in [3.63, 3.8) is 0 Å². The number of ether oxygens (including phenoxy) is 1. The summed E-state index contributed by atoms with van der Waals surface area (Å²) in [7, 11) is 0. The Balaban J connectivity index is 1.66. The highest BCUT2D eigenvalue weighted by Gasteiger charge is 2.47. The van der Waals surface area contributed by atoms with E-state index in [2.05, 4.69) is 12.1 Å². The summed E-state index contributed by atoms with van der Waals surface area (Å²) in [6, 6.07) is 9.88. The number of aryl methyl sites for hydroxylation is 1. The van der Waals surface area contributed by atoms with Gasteiger partial charge in [0, 0.05) is 31.3 Å². The minimum atomic E-state index is -0.573. The fourth-order valence-corrected chi connectivity index (χ4v) is 4.51. The molecular formula is C23H30N4O3. The van der Waals surface area contributed by atoms with Gasteiger partial charge in [-0.05, 0) is 39.7 Å². The zero-order chi connectivity index (χ0) is 21.5. The predicted octanol–water partition coefficient (Wildman–Crippen LogP) is 3.52. The molecule has 0 aliphatic carbocycles. The molecule has 0 N–H and O–H groups in total. The number of amides is 2. The van der Waals surface area contributed by atoms with Crippen LogP contribution in [0.2, 0.25) is 0 Å². The maximum atomic E-state index is 13.0. The third kappa shape index (κ3) is 4.06. The molecule has 2 atom stereocenters. The number of hydrogen-bond acceptors (Lipinski definition) is 4. The number of aromatic nitrogens is 2. The number of piperazine rings is 1. The molecule has 4 rings (SSSR count). The number of fused-ring (bicyclic) bond motifs is 1. The second-order valence-corrected chi connectivity index (χ2v) is 9.16. The van der Waals surface area contributed by atoms with Crippen molar-refractivity contribution in [1.82, 2.24) is 19.6 Å². The number of rotatable bonds is 3. The Morgan fingerprint density at radius 2 is 1.93 bits per heavy atom. The molecule has 1 aromatic carbocycles. The normalized spacial score (nSPS) is 21.7. The van der Waals surface area contributed by atoms with Gasteiger partial charge < -0.3 is 9.64 Å². The Kier molecular flexibility index (Phi) is 5.30. The van der Waals surface area contributed by atoms with E-state index in [0.29, 0.717) is 26.1 Å². The van der Waals surface area contributed by atoms with Crippen molar-refractivity contribution in [2.45, 2.75) is 64.8 Å². The van der Waals surface area contributed by atoms with Gasteiger partial charge in [0.1, 0.15) is 5.60 Å². The van der Waals surface area contributed by atoms with E-state index < -0.39 is 5.60 Å². The highest BCUT2D eigenvalue weighted by atomic mass is 16.6. The van der Waals surface area contributed by atoms with Gasteiger partial charge in [0.05, 0.1) is 24.3 Å². The van der Waals surface area contributed by atoms with Crippen LogP contribution in [0.1, 0.15) is 56.5 Å². The second kappa shape index (κ2) is 7.78. The van der Waals surface area contributed by atoms with Gasteiger partial charge in [-0.15, -0.1) is 0 Å². The SMILES string of the molecule is Cc1nn(Cc2ccccc2)cc1C1C2CCC(=O)N2CCN1C(=O)OC(C)(C)C. The first-order chi connectivity index (χ1) is 14.2. The van der Waals surface area contributed by atoms with E-state index in [0.717, 1.165) is 23.2 Å². The van der Waals surface area contributed by atoms with Crippen molar-refractivity contribution in [1.29, 1.82) is 0 Å². The molecule has 7 nitrogen and oxygen atoms in total. The van der Waals surface area contributed by atoms with Crippen LogP contribution in [0.5, 0.6) is 0 Å². The molecule has 30 heavy (non-hydrogen) atoms. The van der Waals surface area contributed by atoms with Crippen molar-refractivity contribution < 1.29 is 14.3 Å². The largest absolute Gasteiger partial charge is 0.444 e. The van der Waals surface area contributed by atoms with Crippen LogP contribution in [0, 0.1) is 6.92 Å². The van der Waals surface area contributed by atoms with E-state index in [1.54, 1.807) is 4.90 Å². The Bertz CT molecular complexity index is 932. The van der Waals surface area contributed by atoms with Crippen LogP contribution in [0.15, 0.2) is 36.5 Å². The first kappa shape index (κ1) is 20.4. The van der Waals surface area contributed by atoms with Crippen LogP contribution < -0.4 is 0 Å². The molecule has 2 fully saturated rings. The summed E-state index contributed by atoms with van der Waals surface area (Å²) in [5, 5.41) is 4.72. The number of hydrogen-bond donors (Lipinski definition) is 0. The molecule has 2 amide bonds. The van der Waals surface area contributed by atoms with Crippen LogP contribution in [0.4, 0.5) is 4.79 Å². The van der Waals surface area contributed by atoms with Gasteiger partial charge in [-0.1, -0.05) is 30.3 Å². The van der Waals surface area contributed by atoms with E-state index in [-0.39, 0.29) is 24.1 Å². The summed E-state index contributed by atoms with van der Waals surface area (Å²) in [6.45, 7) is 9.27. The van der Waals surface area contributed by atoms with Gasteiger partial charge in [-0.3, -0.25) is 14.4 Å². The molecule has 0 saturated carbocycles. The third-order valence-electron chi connectivity index (χ3n) is 5.78. The maximum absolute atomic E-state index is 13.0. The average molecular weight is 411 g/mol. The van der Waals surface area contributed by atoms with Crippen LogP contribution in [-0.2, 0) is 16.1 Å². The molecular weight excluding hydrogens is 380 g/mol. The lowest BCUT2D eigenvalue weighted by Gasteiger charge is -2.44. The number of carbonyl (C=O) groups is 2. The van der Waals surface area contributed by atoms with Crippen LogP contribution in [0.25, 0.3) is 0 Å². The third-order valence-corrected chi connectivity index (χ3v) is 5.78. The topological polar surface area (TPSA) is 67.7 Å². The molecule has 2 aliphatic rings. The first-order valence-electron chi connectivity index (χ1n) is 10.6. The summed E-state index contributed by atoms with van der Waals surface area (Å²) in [4.78, 5) is 29.2. The van der Waals surface area contributed by atoms with Gasteiger partial charge in [0.15, 0.2) is 0 Å². The number of carbonyl (C=O) groups excluding carboxylic acids is 2. The van der Waals surface area contributed by atoms with Crippen molar-refractivity contribution in [3.8, 4) is 0 Å². The summed E-state index contributed by atoms with van der Waals surface area (Å²) < 4.78 is 7.62. The van der Waals surface area contributed by atoms with Crippen molar-refractivity contribution >= 4 is 12.0 Å². The smallest absolute Gasteiger partial charge is 0.410 e. The molecule has 0 radical (unpaired) electrons. The molecule has 160 valence electrons. The molecule has 2 saturated heterocycles. The quantitative estimate of drug-likeness (QED) is 0.776. The van der Waals surface area contributed by atoms with Gasteiger partial charge in [0.25, 0.3) is 0 Å². The highest BCUT2D eigenvalue weighted by molar-refractivity contribution is 5.80. The first-order valence-corrected chi connectivity index (χ1v) is 10.6. The second-order valence-electron chi connectivity index (χ2n) is 9.16. The monoisotopic (exact) mass is 410 g/mol. The van der Waals surface area contributed by atoms with Crippen molar-refractivity contribution in [3.05, 3.63) is 53.3 Å². The van der Waals surface area contributed by atoms with Crippen LogP contribution >= 0.6 is 0 Å². The standard InChI is InChI=1S/C23H30N4O3/c1-16-18(15-25(24-16)14-17-8-6-5-7-9-17)21-19-10-11-20(28)26(19)12-13-27(21)22(29)30-23(2,3)4/h5-9,15,19,21H,10-14H2,1-4H3. The molecule has 2 aromatic rings. The molecule has 0 bridgehead atoms. The molecule has 1 aromatic heterocycles. The minimum absolute atomic E-state index is 0.0353. The average Bonchev–Trinajstić information content (AvgIpc) is 3.23. The van der Waals surface area contributed by atoms with E-state index in [9.17, 15) is 9.59 Å². The summed E-state index contributed by atoms with van der Waals surface area (Å²) >= 11 is 0. The maximum Gasteiger partial charge on any atom is 0.410 e. The van der Waals surface area contributed by atoms with Crippen LogP contribution in [-0.4, -0.2) is 56.3 Å². The summed E-state index contributed by atoms with van der Waals surface area (Å²) in [5.41, 5.74) is 2.46. The molecule has 3 heterocycles. The minimum Gasteiger partial charge on any atom is -0.444 e. The molecule has 2 aliphatic heterocycles. The zero-order valence-corrected chi connectivity index (χ0v) is 18.2. The summed E-state index contributed by atoms with van der Waals surface area (Å²) in [6.07, 6.45) is 2.96. The Morgan fingerprint density at radius 3 is 2.63 bits per heavy atom. The highest BCUT2D eigenvalue weighted by Crippen LogP contribution is 2.39. The van der Waals surface area contributed by atoms with Crippen LogP contribution in [0.3, 0.4) is 0 Å².